The molecule has 0 spiro atoms. The van der Waals surface area contributed by atoms with E-state index in [-0.39, 0.29) is 4.91 Å². The molecule has 3 rings (SSSR count). The SMILES string of the molecule is CSc1cccc(NC(=O)CN2C(=O)S/C(=C\c3ccc(C(F)(F)F)cc3)C2=O)c1. The maximum Gasteiger partial charge on any atom is 0.416 e. The Morgan fingerprint density at radius 2 is 1.87 bits per heavy atom. The third kappa shape index (κ3) is 5.25. The predicted molar refractivity (Wildman–Crippen MR) is 111 cm³/mol. The molecule has 1 heterocycles. The second-order valence-electron chi connectivity index (χ2n) is 6.17. The zero-order valence-electron chi connectivity index (χ0n) is 15.5. The maximum atomic E-state index is 12.6. The van der Waals surface area contributed by atoms with E-state index in [4.69, 9.17) is 0 Å². The Balaban J connectivity index is 1.68. The van der Waals surface area contributed by atoms with Gasteiger partial charge in [-0.2, -0.15) is 13.2 Å². The summed E-state index contributed by atoms with van der Waals surface area (Å²) >= 11 is 2.14. The van der Waals surface area contributed by atoms with Gasteiger partial charge in [0.25, 0.3) is 11.1 Å². The van der Waals surface area contributed by atoms with Crippen LogP contribution < -0.4 is 5.32 Å². The van der Waals surface area contributed by atoms with E-state index in [1.165, 1.54) is 30.0 Å². The highest BCUT2D eigenvalue weighted by atomic mass is 32.2. The summed E-state index contributed by atoms with van der Waals surface area (Å²) in [7, 11) is 0. The Bertz CT molecular complexity index is 1020. The zero-order chi connectivity index (χ0) is 21.9. The Morgan fingerprint density at radius 3 is 2.50 bits per heavy atom. The molecule has 1 aliphatic heterocycles. The van der Waals surface area contributed by atoms with Crippen LogP contribution in [0, 0.1) is 0 Å². The molecule has 2 aromatic carbocycles. The summed E-state index contributed by atoms with van der Waals surface area (Å²) < 4.78 is 37.9. The highest BCUT2D eigenvalue weighted by Gasteiger charge is 2.36. The number of thioether (sulfide) groups is 2. The van der Waals surface area contributed by atoms with Crippen molar-refractivity contribution in [1.29, 1.82) is 0 Å². The van der Waals surface area contributed by atoms with Crippen LogP contribution in [0.1, 0.15) is 11.1 Å². The molecule has 30 heavy (non-hydrogen) atoms. The number of rotatable bonds is 5. The second-order valence-corrected chi connectivity index (χ2v) is 8.04. The molecule has 1 aliphatic rings. The first-order chi connectivity index (χ1) is 14.2. The number of amides is 3. The minimum absolute atomic E-state index is 0.0388. The van der Waals surface area contributed by atoms with Gasteiger partial charge in [0, 0.05) is 10.6 Å². The maximum absolute atomic E-state index is 12.6. The van der Waals surface area contributed by atoms with Crippen molar-refractivity contribution in [1.82, 2.24) is 4.90 Å². The molecular formula is C20H15F3N2O3S2. The number of nitrogens with zero attached hydrogens (tertiary/aromatic N) is 1. The Morgan fingerprint density at radius 1 is 1.17 bits per heavy atom. The quantitative estimate of drug-likeness (QED) is 0.505. The third-order valence-electron chi connectivity index (χ3n) is 4.06. The lowest BCUT2D eigenvalue weighted by atomic mass is 10.1. The van der Waals surface area contributed by atoms with Crippen molar-refractivity contribution in [3.63, 3.8) is 0 Å². The number of benzene rings is 2. The molecular weight excluding hydrogens is 437 g/mol. The van der Waals surface area contributed by atoms with Crippen LogP contribution in [-0.4, -0.2) is 34.8 Å². The number of alkyl halides is 3. The first-order valence-corrected chi connectivity index (χ1v) is 10.6. The van der Waals surface area contributed by atoms with Gasteiger partial charge in [0.2, 0.25) is 5.91 Å². The number of anilines is 1. The molecule has 5 nitrogen and oxygen atoms in total. The molecule has 0 atom stereocenters. The van der Waals surface area contributed by atoms with Crippen LogP contribution in [0.5, 0.6) is 0 Å². The van der Waals surface area contributed by atoms with Gasteiger partial charge >= 0.3 is 6.18 Å². The number of hydrogen-bond acceptors (Lipinski definition) is 5. The van der Waals surface area contributed by atoms with Crippen molar-refractivity contribution >= 4 is 52.3 Å². The van der Waals surface area contributed by atoms with E-state index in [1.807, 2.05) is 12.3 Å². The lowest BCUT2D eigenvalue weighted by Crippen LogP contribution is -2.36. The molecule has 1 N–H and O–H groups in total. The summed E-state index contributed by atoms with van der Waals surface area (Å²) in [5.74, 6) is -1.20. The minimum atomic E-state index is -4.46. The zero-order valence-corrected chi connectivity index (χ0v) is 17.2. The van der Waals surface area contributed by atoms with E-state index >= 15 is 0 Å². The highest BCUT2D eigenvalue weighted by molar-refractivity contribution is 8.18. The third-order valence-corrected chi connectivity index (χ3v) is 5.70. The van der Waals surface area contributed by atoms with Crippen molar-refractivity contribution in [3.05, 3.63) is 64.6 Å². The predicted octanol–water partition coefficient (Wildman–Crippen LogP) is 5.10. The number of carbonyl (C=O) groups is 3. The second kappa shape index (κ2) is 8.97. The fourth-order valence-electron chi connectivity index (χ4n) is 2.60. The van der Waals surface area contributed by atoms with E-state index in [0.29, 0.717) is 23.0 Å². The van der Waals surface area contributed by atoms with Crippen molar-refractivity contribution in [2.45, 2.75) is 11.1 Å². The Kier molecular flexibility index (Phi) is 6.57. The standard InChI is InChI=1S/C20H15F3N2O3S2/c1-29-15-4-2-3-14(10-15)24-17(26)11-25-18(27)16(30-19(25)28)9-12-5-7-13(8-6-12)20(21,22)23/h2-10H,11H2,1H3,(H,24,26)/b16-9-. The average Bonchev–Trinajstić information content (AvgIpc) is 2.95. The van der Waals surface area contributed by atoms with Gasteiger partial charge in [-0.1, -0.05) is 18.2 Å². The first-order valence-electron chi connectivity index (χ1n) is 8.54. The molecule has 0 bridgehead atoms. The number of carbonyl (C=O) groups excluding carboxylic acids is 3. The molecule has 156 valence electrons. The summed E-state index contributed by atoms with van der Waals surface area (Å²) in [6.07, 6.45) is -1.24. The van der Waals surface area contributed by atoms with Gasteiger partial charge in [-0.15, -0.1) is 11.8 Å². The summed E-state index contributed by atoms with van der Waals surface area (Å²) in [4.78, 5) is 38.7. The molecule has 0 saturated carbocycles. The number of halogens is 3. The average molecular weight is 452 g/mol. The van der Waals surface area contributed by atoms with Crippen molar-refractivity contribution in [2.24, 2.45) is 0 Å². The largest absolute Gasteiger partial charge is 0.416 e. The van der Waals surface area contributed by atoms with Crippen LogP contribution in [0.3, 0.4) is 0 Å². The van der Waals surface area contributed by atoms with Gasteiger partial charge in [0.1, 0.15) is 6.54 Å². The summed E-state index contributed by atoms with van der Waals surface area (Å²) in [6.45, 7) is -0.460. The van der Waals surface area contributed by atoms with E-state index in [0.717, 1.165) is 21.9 Å². The van der Waals surface area contributed by atoms with Gasteiger partial charge in [0.15, 0.2) is 0 Å². The summed E-state index contributed by atoms with van der Waals surface area (Å²) in [6, 6.07) is 11.3. The molecule has 1 fully saturated rings. The topological polar surface area (TPSA) is 66.5 Å². The molecule has 0 aliphatic carbocycles. The van der Waals surface area contributed by atoms with Crippen LogP contribution in [0.4, 0.5) is 23.7 Å². The van der Waals surface area contributed by atoms with Gasteiger partial charge in [-0.3, -0.25) is 19.3 Å². The van der Waals surface area contributed by atoms with Crippen molar-refractivity contribution in [3.8, 4) is 0 Å². The fourth-order valence-corrected chi connectivity index (χ4v) is 3.90. The van der Waals surface area contributed by atoms with Crippen LogP contribution in [0.15, 0.2) is 58.3 Å². The van der Waals surface area contributed by atoms with Gasteiger partial charge in [-0.05, 0) is 60.0 Å². The molecule has 3 amide bonds. The van der Waals surface area contributed by atoms with E-state index < -0.39 is 35.3 Å². The summed E-state index contributed by atoms with van der Waals surface area (Å²) in [5.41, 5.74) is 0.0703. The normalized spacial score (nSPS) is 15.7. The molecule has 2 aromatic rings. The Labute approximate surface area is 178 Å². The molecule has 0 unspecified atom stereocenters. The summed E-state index contributed by atoms with van der Waals surface area (Å²) in [5, 5.41) is 2.02. The van der Waals surface area contributed by atoms with Crippen LogP contribution in [-0.2, 0) is 15.8 Å². The Hall–Kier alpha value is -2.72. The number of nitrogens with one attached hydrogen (secondary N) is 1. The number of hydrogen-bond donors (Lipinski definition) is 1. The molecule has 0 radical (unpaired) electrons. The van der Waals surface area contributed by atoms with Crippen LogP contribution in [0.2, 0.25) is 0 Å². The number of imide groups is 1. The van der Waals surface area contributed by atoms with Gasteiger partial charge in [0.05, 0.1) is 10.5 Å². The monoisotopic (exact) mass is 452 g/mol. The van der Waals surface area contributed by atoms with E-state index in [9.17, 15) is 27.6 Å². The molecule has 10 heteroatoms. The first kappa shape index (κ1) is 22.0. The van der Waals surface area contributed by atoms with Gasteiger partial charge < -0.3 is 5.32 Å². The van der Waals surface area contributed by atoms with Crippen LogP contribution >= 0.6 is 23.5 Å². The van der Waals surface area contributed by atoms with Crippen LogP contribution in [0.25, 0.3) is 6.08 Å². The highest BCUT2D eigenvalue weighted by Crippen LogP contribution is 2.33. The van der Waals surface area contributed by atoms with E-state index in [1.54, 1.807) is 18.2 Å². The molecule has 1 saturated heterocycles. The van der Waals surface area contributed by atoms with E-state index in [2.05, 4.69) is 5.32 Å². The lowest BCUT2D eigenvalue weighted by molar-refractivity contribution is -0.137. The fraction of sp³-hybridized carbons (Fsp3) is 0.150. The molecule has 0 aromatic heterocycles. The smallest absolute Gasteiger partial charge is 0.324 e. The van der Waals surface area contributed by atoms with Gasteiger partial charge in [-0.25, -0.2) is 0 Å². The minimum Gasteiger partial charge on any atom is -0.324 e. The van der Waals surface area contributed by atoms with Crippen molar-refractivity contribution in [2.75, 3.05) is 18.1 Å². The van der Waals surface area contributed by atoms with Crippen molar-refractivity contribution < 1.29 is 27.6 Å². The lowest BCUT2D eigenvalue weighted by Gasteiger charge is -2.12.